The highest BCUT2D eigenvalue weighted by molar-refractivity contribution is 5.86. The zero-order chi connectivity index (χ0) is 18.7. The first-order valence-corrected chi connectivity index (χ1v) is 9.61. The van der Waals surface area contributed by atoms with E-state index in [4.69, 9.17) is 0 Å². The monoisotopic (exact) mass is 346 g/mol. The van der Waals surface area contributed by atoms with E-state index in [1.54, 1.807) is 0 Å². The van der Waals surface area contributed by atoms with Crippen LogP contribution in [0.1, 0.15) is 83.3 Å². The second kappa shape index (κ2) is 11.7. The molecule has 0 aromatic heterocycles. The molecule has 4 heteroatoms. The van der Waals surface area contributed by atoms with E-state index in [1.165, 1.54) is 24.8 Å². The summed E-state index contributed by atoms with van der Waals surface area (Å²) in [6, 6.07) is 8.15. The van der Waals surface area contributed by atoms with E-state index in [-0.39, 0.29) is 17.7 Å². The summed E-state index contributed by atoms with van der Waals surface area (Å²) < 4.78 is 0. The third kappa shape index (κ3) is 8.71. The van der Waals surface area contributed by atoms with Crippen LogP contribution in [0, 0.1) is 5.92 Å². The first kappa shape index (κ1) is 21.2. The maximum absolute atomic E-state index is 12.2. The van der Waals surface area contributed by atoms with E-state index in [0.717, 1.165) is 24.8 Å². The summed E-state index contributed by atoms with van der Waals surface area (Å²) in [6.45, 7) is 8.40. The van der Waals surface area contributed by atoms with Gasteiger partial charge in [-0.1, -0.05) is 70.7 Å². The Labute approximate surface area is 152 Å². The molecule has 1 aromatic carbocycles. The smallest absolute Gasteiger partial charge is 0.245 e. The highest BCUT2D eigenvalue weighted by Crippen LogP contribution is 2.17. The van der Waals surface area contributed by atoms with Crippen LogP contribution in [0.3, 0.4) is 0 Å². The Morgan fingerprint density at radius 3 is 2.16 bits per heavy atom. The van der Waals surface area contributed by atoms with Crippen molar-refractivity contribution < 1.29 is 9.59 Å². The number of amides is 2. The van der Waals surface area contributed by atoms with E-state index in [9.17, 15) is 9.59 Å². The maximum atomic E-state index is 12.2. The van der Waals surface area contributed by atoms with Gasteiger partial charge < -0.3 is 0 Å². The minimum absolute atomic E-state index is 0.121. The zero-order valence-electron chi connectivity index (χ0n) is 16.2. The number of carbonyl (C=O) groups is 2. The lowest BCUT2D eigenvalue weighted by Gasteiger charge is -2.14. The lowest BCUT2D eigenvalue weighted by Crippen LogP contribution is -2.43. The number of nitrogens with one attached hydrogen (secondary N) is 2. The Balaban J connectivity index is 2.34. The van der Waals surface area contributed by atoms with Gasteiger partial charge in [-0.25, -0.2) is 0 Å². The molecule has 0 aliphatic carbocycles. The van der Waals surface area contributed by atoms with Crippen LogP contribution in [0.25, 0.3) is 0 Å². The van der Waals surface area contributed by atoms with Crippen molar-refractivity contribution in [1.82, 2.24) is 10.9 Å². The molecule has 0 aliphatic heterocycles. The number of rotatable bonds is 10. The van der Waals surface area contributed by atoms with Gasteiger partial charge in [0.2, 0.25) is 11.8 Å². The molecule has 25 heavy (non-hydrogen) atoms. The predicted octanol–water partition coefficient (Wildman–Crippen LogP) is 4.50. The lowest BCUT2D eigenvalue weighted by molar-refractivity contribution is -0.129. The minimum Gasteiger partial charge on any atom is -0.273 e. The maximum Gasteiger partial charge on any atom is 0.245 e. The molecule has 140 valence electrons. The van der Waals surface area contributed by atoms with Gasteiger partial charge in [-0.15, -0.1) is 0 Å². The molecule has 0 spiro atoms. The first-order valence-electron chi connectivity index (χ1n) is 9.61. The van der Waals surface area contributed by atoms with Gasteiger partial charge in [0.25, 0.3) is 0 Å². The molecule has 0 radical (unpaired) electrons. The second-order valence-corrected chi connectivity index (χ2v) is 7.26. The molecule has 0 saturated carbocycles. The summed E-state index contributed by atoms with van der Waals surface area (Å²) in [5.41, 5.74) is 7.30. The quantitative estimate of drug-likeness (QED) is 0.484. The predicted molar refractivity (Wildman–Crippen MR) is 103 cm³/mol. The summed E-state index contributed by atoms with van der Waals surface area (Å²) in [7, 11) is 0. The van der Waals surface area contributed by atoms with E-state index in [0.29, 0.717) is 12.3 Å². The fraction of sp³-hybridized carbons (Fsp3) is 0.619. The molecule has 0 unspecified atom stereocenters. The first-order chi connectivity index (χ1) is 11.9. The van der Waals surface area contributed by atoms with Gasteiger partial charge >= 0.3 is 0 Å². The lowest BCUT2D eigenvalue weighted by atomic mass is 9.96. The Bertz CT molecular complexity index is 523. The van der Waals surface area contributed by atoms with Crippen LogP contribution in [0.15, 0.2) is 24.3 Å². The largest absolute Gasteiger partial charge is 0.273 e. The Morgan fingerprint density at radius 1 is 0.920 bits per heavy atom. The molecule has 2 N–H and O–H groups in total. The molecule has 4 nitrogen and oxygen atoms in total. The van der Waals surface area contributed by atoms with Crippen molar-refractivity contribution in [1.29, 1.82) is 0 Å². The van der Waals surface area contributed by atoms with Gasteiger partial charge in [0.1, 0.15) is 0 Å². The molecule has 1 aromatic rings. The summed E-state index contributed by atoms with van der Waals surface area (Å²) in [5, 5.41) is 0. The summed E-state index contributed by atoms with van der Waals surface area (Å²) in [5.74, 6) is 0.0157. The fourth-order valence-electron chi connectivity index (χ4n) is 2.76. The molecule has 2 amide bonds. The van der Waals surface area contributed by atoms with Crippen LogP contribution >= 0.6 is 0 Å². The average Bonchev–Trinajstić information content (AvgIpc) is 2.59. The Morgan fingerprint density at radius 2 is 1.56 bits per heavy atom. The third-order valence-electron chi connectivity index (χ3n) is 4.35. The van der Waals surface area contributed by atoms with Crippen LogP contribution in [0.4, 0.5) is 0 Å². The van der Waals surface area contributed by atoms with Crippen LogP contribution in [-0.4, -0.2) is 11.8 Å². The van der Waals surface area contributed by atoms with Crippen molar-refractivity contribution in [3.8, 4) is 0 Å². The van der Waals surface area contributed by atoms with Crippen molar-refractivity contribution in [2.75, 3.05) is 0 Å². The van der Waals surface area contributed by atoms with Crippen molar-refractivity contribution in [3.05, 3.63) is 35.4 Å². The fourth-order valence-corrected chi connectivity index (χ4v) is 2.76. The van der Waals surface area contributed by atoms with Crippen molar-refractivity contribution in [2.24, 2.45) is 5.92 Å². The zero-order valence-corrected chi connectivity index (χ0v) is 16.2. The average molecular weight is 347 g/mol. The minimum atomic E-state index is -0.294. The number of hydrogen-bond acceptors (Lipinski definition) is 2. The third-order valence-corrected chi connectivity index (χ3v) is 4.35. The SMILES string of the molecule is CCCCCCCC(=O)NNC(=O)[C@@H](C)c1ccc(CC(C)C)cc1. The van der Waals surface area contributed by atoms with E-state index >= 15 is 0 Å². The number of carbonyl (C=O) groups excluding carboxylic acids is 2. The summed E-state index contributed by atoms with van der Waals surface area (Å²) in [6.07, 6.45) is 7.00. The number of hydrazine groups is 1. The molecule has 0 bridgehead atoms. The summed E-state index contributed by atoms with van der Waals surface area (Å²) >= 11 is 0. The molecular weight excluding hydrogens is 312 g/mol. The van der Waals surface area contributed by atoms with Gasteiger partial charge in [-0.3, -0.25) is 20.4 Å². The number of unbranched alkanes of at least 4 members (excludes halogenated alkanes) is 4. The van der Waals surface area contributed by atoms with Crippen molar-refractivity contribution in [2.45, 2.75) is 78.6 Å². The van der Waals surface area contributed by atoms with E-state index in [1.807, 2.05) is 19.1 Å². The van der Waals surface area contributed by atoms with Crippen LogP contribution in [0.2, 0.25) is 0 Å². The molecule has 0 saturated heterocycles. The second-order valence-electron chi connectivity index (χ2n) is 7.26. The van der Waals surface area contributed by atoms with Gasteiger partial charge in [-0.05, 0) is 36.8 Å². The van der Waals surface area contributed by atoms with Crippen LogP contribution in [-0.2, 0) is 16.0 Å². The van der Waals surface area contributed by atoms with E-state index < -0.39 is 0 Å². The molecule has 1 atom stereocenters. The van der Waals surface area contributed by atoms with Crippen molar-refractivity contribution in [3.63, 3.8) is 0 Å². The van der Waals surface area contributed by atoms with Crippen LogP contribution in [0.5, 0.6) is 0 Å². The molecule has 0 aliphatic rings. The van der Waals surface area contributed by atoms with Gasteiger partial charge in [0, 0.05) is 6.42 Å². The molecule has 1 rings (SSSR count). The van der Waals surface area contributed by atoms with Gasteiger partial charge in [-0.2, -0.15) is 0 Å². The molecule has 0 heterocycles. The van der Waals surface area contributed by atoms with Crippen molar-refractivity contribution >= 4 is 11.8 Å². The van der Waals surface area contributed by atoms with Gasteiger partial charge in [0.15, 0.2) is 0 Å². The highest BCUT2D eigenvalue weighted by atomic mass is 16.2. The summed E-state index contributed by atoms with van der Waals surface area (Å²) in [4.78, 5) is 24.0. The molecular formula is C21H34N2O2. The Hall–Kier alpha value is -1.84. The standard InChI is InChI=1S/C21H34N2O2/c1-5-6-7-8-9-10-20(24)22-23-21(25)17(4)19-13-11-18(12-14-19)15-16(2)3/h11-14,16-17H,5-10,15H2,1-4H3,(H,22,24)(H,23,25)/t17-/m0/s1. The number of benzene rings is 1. The van der Waals surface area contributed by atoms with E-state index in [2.05, 4.69) is 43.8 Å². The topological polar surface area (TPSA) is 58.2 Å². The Kier molecular flexibility index (Phi) is 9.90. The van der Waals surface area contributed by atoms with Crippen LogP contribution < -0.4 is 10.9 Å². The highest BCUT2D eigenvalue weighted by Gasteiger charge is 2.15. The number of hydrogen-bond donors (Lipinski definition) is 2. The van der Waals surface area contributed by atoms with Gasteiger partial charge in [0.05, 0.1) is 5.92 Å². The normalized spacial score (nSPS) is 12.0. The molecule has 0 fully saturated rings.